The first kappa shape index (κ1) is 13.3. The summed E-state index contributed by atoms with van der Waals surface area (Å²) in [5.41, 5.74) is 0. The van der Waals surface area contributed by atoms with E-state index >= 15 is 0 Å². The topological polar surface area (TPSA) is 110 Å². The van der Waals surface area contributed by atoms with E-state index in [1.807, 2.05) is 6.92 Å². The molecular formula is C10H13N5O3S. The monoisotopic (exact) mass is 283 g/mol. The van der Waals surface area contributed by atoms with Crippen LogP contribution in [0.5, 0.6) is 0 Å². The van der Waals surface area contributed by atoms with Crippen LogP contribution in [-0.2, 0) is 10.0 Å². The first-order chi connectivity index (χ1) is 9.01. The van der Waals surface area contributed by atoms with Crippen LogP contribution in [0.1, 0.15) is 12.8 Å². The Labute approximate surface area is 110 Å². The molecule has 8 nitrogen and oxygen atoms in total. The summed E-state index contributed by atoms with van der Waals surface area (Å²) in [5, 5.41) is 10.1. The summed E-state index contributed by atoms with van der Waals surface area (Å²) in [4.78, 5) is 4.00. The van der Waals surface area contributed by atoms with Crippen molar-refractivity contribution in [3.8, 4) is 0 Å². The van der Waals surface area contributed by atoms with Crippen molar-refractivity contribution < 1.29 is 12.8 Å². The van der Waals surface area contributed by atoms with Crippen LogP contribution in [0.15, 0.2) is 27.6 Å². The fourth-order valence-electron chi connectivity index (χ4n) is 1.34. The summed E-state index contributed by atoms with van der Waals surface area (Å²) in [6.07, 6.45) is 1.25. The zero-order chi connectivity index (χ0) is 13.9. The Balaban J connectivity index is 2.19. The first-order valence-electron chi connectivity index (χ1n) is 5.54. The smallest absolute Gasteiger partial charge is 0.329 e. The Morgan fingerprint density at radius 3 is 2.63 bits per heavy atom. The van der Waals surface area contributed by atoms with Gasteiger partial charge in [0.1, 0.15) is 10.7 Å². The minimum Gasteiger partial charge on any atom is -0.408 e. The molecule has 2 heterocycles. The molecule has 0 atom stereocenters. The minimum absolute atomic E-state index is 0.0185. The van der Waals surface area contributed by atoms with Crippen LogP contribution >= 0.6 is 0 Å². The molecule has 102 valence electrons. The second-order valence-electron chi connectivity index (χ2n) is 3.64. The van der Waals surface area contributed by atoms with Gasteiger partial charge in [-0.3, -0.25) is 0 Å². The van der Waals surface area contributed by atoms with Gasteiger partial charge in [0, 0.05) is 19.7 Å². The maximum Gasteiger partial charge on any atom is 0.329 e. The van der Waals surface area contributed by atoms with E-state index in [4.69, 9.17) is 4.42 Å². The van der Waals surface area contributed by atoms with E-state index in [0.717, 1.165) is 0 Å². The molecule has 0 aliphatic carbocycles. The van der Waals surface area contributed by atoms with Crippen LogP contribution in [0, 0.1) is 6.92 Å². The lowest BCUT2D eigenvalue weighted by Gasteiger charge is -2.05. The number of hydrogen-bond acceptors (Lipinski definition) is 7. The molecule has 19 heavy (non-hydrogen) atoms. The third-order valence-electron chi connectivity index (χ3n) is 2.15. The van der Waals surface area contributed by atoms with Crippen molar-refractivity contribution in [2.75, 3.05) is 16.6 Å². The molecule has 0 amide bonds. The lowest BCUT2D eigenvalue weighted by atomic mass is 10.4. The SMILES string of the molecule is CCNc1ccc(S(=O)(=O)Nc2nnc(C)o2)cn1. The second-order valence-corrected chi connectivity index (χ2v) is 5.32. The largest absolute Gasteiger partial charge is 0.408 e. The summed E-state index contributed by atoms with van der Waals surface area (Å²) in [6, 6.07) is 2.85. The van der Waals surface area contributed by atoms with Crippen molar-refractivity contribution in [2.45, 2.75) is 18.7 Å². The summed E-state index contributed by atoms with van der Waals surface area (Å²) in [6.45, 7) is 4.20. The second kappa shape index (κ2) is 5.22. The standard InChI is InChI=1S/C10H13N5O3S/c1-3-11-9-5-4-8(6-12-9)19(16,17)15-10-14-13-7(2)18-10/h4-6H,3H2,1-2H3,(H,11,12)(H,14,15). The number of rotatable bonds is 5. The van der Waals surface area contributed by atoms with Crippen molar-refractivity contribution in [2.24, 2.45) is 0 Å². The molecule has 0 bridgehead atoms. The molecular weight excluding hydrogens is 270 g/mol. The van der Waals surface area contributed by atoms with Crippen molar-refractivity contribution >= 4 is 21.9 Å². The molecule has 2 aromatic rings. The van der Waals surface area contributed by atoms with E-state index in [-0.39, 0.29) is 16.8 Å². The van der Waals surface area contributed by atoms with E-state index in [1.165, 1.54) is 12.3 Å². The molecule has 9 heteroatoms. The van der Waals surface area contributed by atoms with Crippen LogP contribution in [0.3, 0.4) is 0 Å². The number of hydrogen-bond donors (Lipinski definition) is 2. The third kappa shape index (κ3) is 3.19. The number of nitrogens with one attached hydrogen (secondary N) is 2. The summed E-state index contributed by atoms with van der Waals surface area (Å²) >= 11 is 0. The molecule has 0 saturated heterocycles. The Morgan fingerprint density at radius 2 is 2.11 bits per heavy atom. The van der Waals surface area contributed by atoms with Crippen molar-refractivity contribution in [1.29, 1.82) is 0 Å². The number of sulfonamides is 1. The van der Waals surface area contributed by atoms with Gasteiger partial charge in [-0.05, 0) is 19.1 Å². The maximum absolute atomic E-state index is 12.0. The number of pyridine rings is 1. The van der Waals surface area contributed by atoms with Gasteiger partial charge in [0.05, 0.1) is 0 Å². The van der Waals surface area contributed by atoms with Gasteiger partial charge < -0.3 is 9.73 Å². The van der Waals surface area contributed by atoms with Gasteiger partial charge in [0.2, 0.25) is 5.89 Å². The summed E-state index contributed by atoms with van der Waals surface area (Å²) in [7, 11) is -3.77. The minimum atomic E-state index is -3.77. The van der Waals surface area contributed by atoms with Crippen LogP contribution in [0.4, 0.5) is 11.8 Å². The molecule has 2 N–H and O–H groups in total. The zero-order valence-corrected chi connectivity index (χ0v) is 11.2. The van der Waals surface area contributed by atoms with Crippen LogP contribution < -0.4 is 10.0 Å². The van der Waals surface area contributed by atoms with Gasteiger partial charge >= 0.3 is 6.01 Å². The van der Waals surface area contributed by atoms with Crippen molar-refractivity contribution in [3.05, 3.63) is 24.2 Å². The molecule has 0 radical (unpaired) electrons. The number of aromatic nitrogens is 3. The van der Waals surface area contributed by atoms with Gasteiger partial charge in [0.15, 0.2) is 0 Å². The third-order valence-corrected chi connectivity index (χ3v) is 3.46. The van der Waals surface area contributed by atoms with Gasteiger partial charge in [-0.15, -0.1) is 5.10 Å². The summed E-state index contributed by atoms with van der Waals surface area (Å²) < 4.78 is 31.1. The normalized spacial score (nSPS) is 11.3. The fourth-order valence-corrected chi connectivity index (χ4v) is 2.21. The predicted octanol–water partition coefficient (Wildman–Crippen LogP) is 1.01. The van der Waals surface area contributed by atoms with E-state index in [1.54, 1.807) is 13.0 Å². The first-order valence-corrected chi connectivity index (χ1v) is 7.02. The molecule has 0 unspecified atom stereocenters. The van der Waals surface area contributed by atoms with E-state index in [9.17, 15) is 8.42 Å². The Bertz CT molecular complexity index is 650. The molecule has 0 aliphatic heterocycles. The number of nitrogens with zero attached hydrogens (tertiary/aromatic N) is 3. The summed E-state index contributed by atoms with van der Waals surface area (Å²) in [5.74, 6) is 0.883. The molecule has 2 aromatic heterocycles. The highest BCUT2D eigenvalue weighted by Crippen LogP contribution is 2.15. The van der Waals surface area contributed by atoms with E-state index in [2.05, 4.69) is 25.2 Å². The highest BCUT2D eigenvalue weighted by Gasteiger charge is 2.17. The molecule has 2 rings (SSSR count). The molecule has 0 saturated carbocycles. The van der Waals surface area contributed by atoms with E-state index in [0.29, 0.717) is 12.4 Å². The highest BCUT2D eigenvalue weighted by atomic mass is 32.2. The van der Waals surface area contributed by atoms with Gasteiger partial charge in [-0.25, -0.2) is 18.1 Å². The quantitative estimate of drug-likeness (QED) is 0.842. The lowest BCUT2D eigenvalue weighted by Crippen LogP contribution is -2.13. The Morgan fingerprint density at radius 1 is 1.32 bits per heavy atom. The average molecular weight is 283 g/mol. The van der Waals surface area contributed by atoms with Crippen molar-refractivity contribution in [1.82, 2.24) is 15.2 Å². The van der Waals surface area contributed by atoms with Crippen LogP contribution in [-0.4, -0.2) is 30.1 Å². The Kier molecular flexibility index (Phi) is 3.65. The maximum atomic E-state index is 12.0. The fraction of sp³-hybridized carbons (Fsp3) is 0.300. The molecule has 0 fully saturated rings. The van der Waals surface area contributed by atoms with Crippen molar-refractivity contribution in [3.63, 3.8) is 0 Å². The molecule has 0 aromatic carbocycles. The number of anilines is 2. The molecule has 0 aliphatic rings. The van der Waals surface area contributed by atoms with Gasteiger partial charge in [-0.2, -0.15) is 0 Å². The van der Waals surface area contributed by atoms with Crippen LogP contribution in [0.2, 0.25) is 0 Å². The van der Waals surface area contributed by atoms with Gasteiger partial charge in [-0.1, -0.05) is 5.10 Å². The zero-order valence-electron chi connectivity index (χ0n) is 10.4. The predicted molar refractivity (Wildman–Crippen MR) is 68.2 cm³/mol. The van der Waals surface area contributed by atoms with E-state index < -0.39 is 10.0 Å². The Hall–Kier alpha value is -2.16. The highest BCUT2D eigenvalue weighted by molar-refractivity contribution is 7.92. The van der Waals surface area contributed by atoms with Gasteiger partial charge in [0.25, 0.3) is 10.0 Å². The van der Waals surface area contributed by atoms with Crippen LogP contribution in [0.25, 0.3) is 0 Å². The lowest BCUT2D eigenvalue weighted by molar-refractivity contribution is 0.534. The number of aryl methyl sites for hydroxylation is 1. The molecule has 0 spiro atoms. The average Bonchev–Trinajstić information content (AvgIpc) is 2.75.